The van der Waals surface area contributed by atoms with Crippen molar-refractivity contribution in [3.63, 3.8) is 0 Å². The fraction of sp³-hybridized carbons (Fsp3) is 0.355. The highest BCUT2D eigenvalue weighted by atomic mass is 35.5. The minimum absolute atomic E-state index is 0.00524. The monoisotopic (exact) mass is 613 g/mol. The molecule has 0 saturated heterocycles. The molecule has 3 aromatic carbocycles. The van der Waals surface area contributed by atoms with Gasteiger partial charge < -0.3 is 19.7 Å². The van der Waals surface area contributed by atoms with E-state index in [4.69, 9.17) is 21.1 Å². The molecule has 0 spiro atoms. The Morgan fingerprint density at radius 2 is 1.64 bits per heavy atom. The lowest BCUT2D eigenvalue weighted by molar-refractivity contribution is -0.140. The topological polar surface area (TPSA) is 105 Å². The average Bonchev–Trinajstić information content (AvgIpc) is 3.42. The van der Waals surface area contributed by atoms with Crippen LogP contribution in [0.3, 0.4) is 0 Å². The van der Waals surface area contributed by atoms with Gasteiger partial charge in [-0.3, -0.25) is 13.9 Å². The first-order chi connectivity index (χ1) is 19.9. The molecule has 2 amide bonds. The van der Waals surface area contributed by atoms with Crippen LogP contribution < -0.4 is 19.1 Å². The van der Waals surface area contributed by atoms with Gasteiger partial charge in [0.1, 0.15) is 12.6 Å². The van der Waals surface area contributed by atoms with Crippen LogP contribution in [-0.4, -0.2) is 55.8 Å². The van der Waals surface area contributed by atoms with Crippen molar-refractivity contribution < 1.29 is 27.5 Å². The minimum Gasteiger partial charge on any atom is -0.454 e. The summed E-state index contributed by atoms with van der Waals surface area (Å²) in [6.45, 7) is 6.58. The number of nitrogens with one attached hydrogen (secondary N) is 1. The van der Waals surface area contributed by atoms with Gasteiger partial charge in [-0.05, 0) is 57.0 Å². The van der Waals surface area contributed by atoms with E-state index >= 15 is 0 Å². The second kappa shape index (κ2) is 13.0. The van der Waals surface area contributed by atoms with Crippen LogP contribution in [0.5, 0.6) is 11.5 Å². The number of fused-ring (bicyclic) bond motifs is 1. The number of hydrogen-bond donors (Lipinski definition) is 1. The highest BCUT2D eigenvalue weighted by molar-refractivity contribution is 7.92. The molecule has 0 fully saturated rings. The summed E-state index contributed by atoms with van der Waals surface area (Å²) in [5.41, 5.74) is 1.15. The summed E-state index contributed by atoms with van der Waals surface area (Å²) < 4.78 is 38.6. The molecule has 0 saturated carbocycles. The lowest BCUT2D eigenvalue weighted by Gasteiger charge is -2.35. The average molecular weight is 614 g/mol. The van der Waals surface area contributed by atoms with Gasteiger partial charge in [0.25, 0.3) is 0 Å². The van der Waals surface area contributed by atoms with Crippen LogP contribution in [0, 0.1) is 0 Å². The summed E-state index contributed by atoms with van der Waals surface area (Å²) in [6.07, 6.45) is 0.212. The lowest BCUT2D eigenvalue weighted by atomic mass is 10.0. The fourth-order valence-electron chi connectivity index (χ4n) is 4.58. The zero-order valence-electron chi connectivity index (χ0n) is 24.2. The SMILES string of the molecule is CCS(=O)(=O)N(CC(=O)N(Cc1ccccc1Cl)[C@H](Cc1ccccc1)C(=O)NC(C)(C)C)c1ccc2c(c1)OCO2. The van der Waals surface area contributed by atoms with Gasteiger partial charge in [-0.2, -0.15) is 0 Å². The van der Waals surface area contributed by atoms with Crippen LogP contribution in [0.15, 0.2) is 72.8 Å². The number of anilines is 1. The van der Waals surface area contributed by atoms with Crippen LogP contribution in [0.2, 0.25) is 5.02 Å². The Hall–Kier alpha value is -3.76. The second-order valence-corrected chi connectivity index (χ2v) is 13.6. The molecule has 1 aliphatic rings. The first-order valence-corrected chi connectivity index (χ1v) is 15.7. The quantitative estimate of drug-likeness (QED) is 0.334. The van der Waals surface area contributed by atoms with E-state index < -0.39 is 34.1 Å². The number of carbonyl (C=O) groups is 2. The van der Waals surface area contributed by atoms with Crippen molar-refractivity contribution in [3.8, 4) is 11.5 Å². The van der Waals surface area contributed by atoms with Crippen molar-refractivity contribution in [1.82, 2.24) is 10.2 Å². The number of halogens is 1. The number of rotatable bonds is 11. The zero-order chi connectivity index (χ0) is 30.5. The third kappa shape index (κ3) is 7.74. The molecule has 3 aromatic rings. The Balaban J connectivity index is 1.77. The number of benzene rings is 3. The van der Waals surface area contributed by atoms with E-state index in [-0.39, 0.29) is 37.1 Å². The molecule has 42 heavy (non-hydrogen) atoms. The molecule has 0 unspecified atom stereocenters. The van der Waals surface area contributed by atoms with Crippen molar-refractivity contribution in [2.45, 2.75) is 52.2 Å². The number of hydrogen-bond acceptors (Lipinski definition) is 6. The molecule has 11 heteroatoms. The number of sulfonamides is 1. The Labute approximate surface area is 252 Å². The number of ether oxygens (including phenoxy) is 2. The van der Waals surface area contributed by atoms with Gasteiger partial charge in [-0.1, -0.05) is 60.1 Å². The van der Waals surface area contributed by atoms with Crippen molar-refractivity contribution in [3.05, 3.63) is 88.9 Å². The van der Waals surface area contributed by atoms with Crippen molar-refractivity contribution in [1.29, 1.82) is 0 Å². The van der Waals surface area contributed by atoms with E-state index in [1.54, 1.807) is 36.4 Å². The summed E-state index contributed by atoms with van der Waals surface area (Å²) in [4.78, 5) is 29.5. The van der Waals surface area contributed by atoms with E-state index in [1.165, 1.54) is 17.9 Å². The highest BCUT2D eigenvalue weighted by Crippen LogP contribution is 2.36. The molecule has 1 aliphatic heterocycles. The maximum atomic E-state index is 14.3. The number of nitrogens with zero attached hydrogens (tertiary/aromatic N) is 2. The molecule has 0 bridgehead atoms. The standard InChI is InChI=1S/C31H36ClN3O6S/c1-5-42(38,39)35(24-15-16-27-28(18-24)41-21-40-27)20-29(36)34(19-23-13-9-10-14-25(23)32)26(30(37)33-31(2,3)4)17-22-11-7-6-8-12-22/h6-16,18,26H,5,17,19-21H2,1-4H3,(H,33,37)/t26-/m1/s1. The smallest absolute Gasteiger partial charge is 0.244 e. The van der Waals surface area contributed by atoms with Crippen LogP contribution in [0.25, 0.3) is 0 Å². The molecule has 1 heterocycles. The van der Waals surface area contributed by atoms with Crippen molar-refractivity contribution >= 4 is 39.1 Å². The van der Waals surface area contributed by atoms with E-state index in [1.807, 2.05) is 51.1 Å². The Bertz CT molecular complexity index is 1530. The van der Waals surface area contributed by atoms with Crippen molar-refractivity contribution in [2.24, 2.45) is 0 Å². The predicted octanol–water partition coefficient (Wildman–Crippen LogP) is 4.78. The molecule has 0 aliphatic carbocycles. The van der Waals surface area contributed by atoms with Crippen LogP contribution in [0.1, 0.15) is 38.8 Å². The third-order valence-corrected chi connectivity index (χ3v) is 8.80. The van der Waals surface area contributed by atoms with Gasteiger partial charge in [0.05, 0.1) is 11.4 Å². The van der Waals surface area contributed by atoms with E-state index in [0.29, 0.717) is 22.1 Å². The second-order valence-electron chi connectivity index (χ2n) is 11.0. The predicted molar refractivity (Wildman–Crippen MR) is 163 cm³/mol. The molecule has 1 N–H and O–H groups in total. The van der Waals surface area contributed by atoms with Crippen molar-refractivity contribution in [2.75, 3.05) is 23.4 Å². The molecule has 9 nitrogen and oxygen atoms in total. The molecular formula is C31H36ClN3O6S. The molecular weight excluding hydrogens is 578 g/mol. The van der Waals surface area contributed by atoms with Gasteiger partial charge in [0.2, 0.25) is 28.6 Å². The number of amides is 2. The highest BCUT2D eigenvalue weighted by Gasteiger charge is 2.35. The van der Waals surface area contributed by atoms with E-state index in [0.717, 1.165) is 9.87 Å². The normalized spacial score (nSPS) is 13.4. The van der Waals surface area contributed by atoms with Crippen LogP contribution in [0.4, 0.5) is 5.69 Å². The fourth-order valence-corrected chi connectivity index (χ4v) is 5.83. The van der Waals surface area contributed by atoms with Crippen LogP contribution in [-0.2, 0) is 32.6 Å². The van der Waals surface area contributed by atoms with Gasteiger partial charge in [0, 0.05) is 29.6 Å². The number of carbonyl (C=O) groups excluding carboxylic acids is 2. The third-order valence-electron chi connectivity index (χ3n) is 6.69. The van der Waals surface area contributed by atoms with E-state index in [2.05, 4.69) is 5.32 Å². The summed E-state index contributed by atoms with van der Waals surface area (Å²) in [5, 5.41) is 3.43. The summed E-state index contributed by atoms with van der Waals surface area (Å²) >= 11 is 6.50. The van der Waals surface area contributed by atoms with Gasteiger partial charge in [0.15, 0.2) is 11.5 Å². The molecule has 0 radical (unpaired) electrons. The molecule has 0 aromatic heterocycles. The van der Waals surface area contributed by atoms with E-state index in [9.17, 15) is 18.0 Å². The van der Waals surface area contributed by atoms with Gasteiger partial charge in [-0.15, -0.1) is 0 Å². The Kier molecular flexibility index (Phi) is 9.68. The zero-order valence-corrected chi connectivity index (χ0v) is 25.7. The summed E-state index contributed by atoms with van der Waals surface area (Å²) in [5.74, 6) is -0.289. The largest absolute Gasteiger partial charge is 0.454 e. The Morgan fingerprint density at radius 3 is 2.31 bits per heavy atom. The lowest BCUT2D eigenvalue weighted by Crippen LogP contribution is -2.56. The molecule has 224 valence electrons. The molecule has 4 rings (SSSR count). The van der Waals surface area contributed by atoms with Crippen LogP contribution >= 0.6 is 11.6 Å². The first kappa shape index (κ1) is 31.2. The minimum atomic E-state index is -3.91. The van der Waals surface area contributed by atoms with Gasteiger partial charge in [-0.25, -0.2) is 8.42 Å². The summed E-state index contributed by atoms with van der Waals surface area (Å²) in [6, 6.07) is 20.2. The van der Waals surface area contributed by atoms with Gasteiger partial charge >= 0.3 is 0 Å². The molecule has 1 atom stereocenters. The Morgan fingerprint density at radius 1 is 0.976 bits per heavy atom. The maximum absolute atomic E-state index is 14.3. The summed E-state index contributed by atoms with van der Waals surface area (Å²) in [7, 11) is -3.91. The first-order valence-electron chi connectivity index (χ1n) is 13.7. The maximum Gasteiger partial charge on any atom is 0.244 e.